The molecule has 1 unspecified atom stereocenters. The van der Waals surface area contributed by atoms with Crippen LogP contribution >= 0.6 is 11.3 Å². The molecular weight excluding hydrogens is 374 g/mol. The number of para-hydroxylation sites is 1. The molecule has 28 heavy (non-hydrogen) atoms. The van der Waals surface area contributed by atoms with Gasteiger partial charge in [-0.05, 0) is 44.2 Å². The van der Waals surface area contributed by atoms with E-state index in [2.05, 4.69) is 20.4 Å². The number of hydrogen-bond acceptors (Lipinski definition) is 6. The summed E-state index contributed by atoms with van der Waals surface area (Å²) in [5.41, 5.74) is 3.06. The van der Waals surface area contributed by atoms with E-state index in [0.29, 0.717) is 24.6 Å². The molecule has 3 heterocycles. The number of carbonyl (C=O) groups is 2. The third-order valence-corrected chi connectivity index (χ3v) is 6.51. The molecule has 8 heteroatoms. The lowest BCUT2D eigenvalue weighted by molar-refractivity contribution is -0.120. The number of piperidine rings is 1. The van der Waals surface area contributed by atoms with E-state index in [0.717, 1.165) is 47.8 Å². The van der Waals surface area contributed by atoms with Gasteiger partial charge in [0.15, 0.2) is 0 Å². The van der Waals surface area contributed by atoms with Gasteiger partial charge < -0.3 is 10.2 Å². The second-order valence-corrected chi connectivity index (χ2v) is 8.49. The molecule has 2 aromatic rings. The van der Waals surface area contributed by atoms with Crippen molar-refractivity contribution in [1.82, 2.24) is 10.2 Å². The first-order valence-electron chi connectivity index (χ1n) is 9.79. The Kier molecular flexibility index (Phi) is 5.30. The Balaban J connectivity index is 1.44. The Morgan fingerprint density at radius 3 is 2.61 bits per heavy atom. The molecule has 148 valence electrons. The lowest BCUT2D eigenvalue weighted by Crippen LogP contribution is -2.40. The molecule has 1 aromatic heterocycles. The fourth-order valence-corrected chi connectivity index (χ4v) is 4.82. The molecule has 1 N–H and O–H groups in total. The van der Waals surface area contributed by atoms with Crippen LogP contribution < -0.4 is 15.1 Å². The van der Waals surface area contributed by atoms with Crippen molar-refractivity contribution in [3.63, 3.8) is 0 Å². The van der Waals surface area contributed by atoms with Crippen molar-refractivity contribution in [2.45, 2.75) is 39.5 Å². The molecule has 2 aliphatic heterocycles. The van der Waals surface area contributed by atoms with Crippen molar-refractivity contribution in [2.75, 3.05) is 34.8 Å². The highest BCUT2D eigenvalue weighted by Gasteiger charge is 2.30. The number of amides is 2. The van der Waals surface area contributed by atoms with Crippen LogP contribution in [-0.2, 0) is 9.59 Å². The van der Waals surface area contributed by atoms with Gasteiger partial charge in [0.25, 0.3) is 0 Å². The van der Waals surface area contributed by atoms with Gasteiger partial charge in [0.1, 0.15) is 0 Å². The number of anilines is 3. The number of carbonyl (C=O) groups excluding carboxylic acids is 2. The van der Waals surface area contributed by atoms with Crippen LogP contribution in [0.4, 0.5) is 16.0 Å². The lowest BCUT2D eigenvalue weighted by atomic mass is 9.97. The summed E-state index contributed by atoms with van der Waals surface area (Å²) in [6.07, 6.45) is 3.25. The summed E-state index contributed by atoms with van der Waals surface area (Å²) in [5.74, 6) is 0.0854. The largest absolute Gasteiger partial charge is 0.346 e. The number of rotatable bonds is 4. The molecule has 2 aliphatic rings. The van der Waals surface area contributed by atoms with E-state index in [4.69, 9.17) is 0 Å². The number of benzene rings is 1. The summed E-state index contributed by atoms with van der Waals surface area (Å²) < 4.78 is 0. The van der Waals surface area contributed by atoms with Crippen LogP contribution in [0.1, 0.15) is 36.8 Å². The maximum Gasteiger partial charge on any atom is 0.229 e. The van der Waals surface area contributed by atoms with Crippen LogP contribution in [-0.4, -0.2) is 41.6 Å². The van der Waals surface area contributed by atoms with Gasteiger partial charge in [-0.15, -0.1) is 10.2 Å². The number of aryl methyl sites for hydroxylation is 2. The summed E-state index contributed by atoms with van der Waals surface area (Å²) in [7, 11) is 0. The van der Waals surface area contributed by atoms with Gasteiger partial charge in [0, 0.05) is 31.7 Å². The third kappa shape index (κ3) is 3.73. The Morgan fingerprint density at radius 1 is 1.14 bits per heavy atom. The molecule has 2 fully saturated rings. The Hall–Kier alpha value is -2.48. The molecule has 1 atom stereocenters. The van der Waals surface area contributed by atoms with E-state index in [-0.39, 0.29) is 17.7 Å². The van der Waals surface area contributed by atoms with Crippen LogP contribution in [0.3, 0.4) is 0 Å². The van der Waals surface area contributed by atoms with Crippen molar-refractivity contribution in [2.24, 2.45) is 5.92 Å². The van der Waals surface area contributed by atoms with Gasteiger partial charge in [-0.25, -0.2) is 0 Å². The summed E-state index contributed by atoms with van der Waals surface area (Å²) >= 11 is 1.44. The molecule has 2 saturated heterocycles. The van der Waals surface area contributed by atoms with Gasteiger partial charge in [-0.3, -0.25) is 14.5 Å². The molecular formula is C20H25N5O2S. The quantitative estimate of drug-likeness (QED) is 0.855. The van der Waals surface area contributed by atoms with E-state index in [1.807, 2.05) is 32.0 Å². The van der Waals surface area contributed by atoms with Gasteiger partial charge in [0.05, 0.1) is 5.92 Å². The molecule has 0 spiro atoms. The second-order valence-electron chi connectivity index (χ2n) is 7.56. The number of nitrogens with zero attached hydrogens (tertiary/aromatic N) is 4. The summed E-state index contributed by atoms with van der Waals surface area (Å²) in [6, 6.07) is 6.03. The molecule has 0 aliphatic carbocycles. The van der Waals surface area contributed by atoms with Crippen molar-refractivity contribution in [3.05, 3.63) is 29.3 Å². The average molecular weight is 400 g/mol. The van der Waals surface area contributed by atoms with Crippen LogP contribution in [0.2, 0.25) is 0 Å². The van der Waals surface area contributed by atoms with Crippen molar-refractivity contribution in [3.8, 4) is 0 Å². The highest BCUT2D eigenvalue weighted by atomic mass is 32.1. The minimum Gasteiger partial charge on any atom is -0.346 e. The standard InChI is InChI=1S/C20H25N5O2S/c1-13-6-3-7-14(2)17(13)21-18(27)15-8-4-10-24(12-15)19-22-23-20(28-19)25-11-5-9-16(25)26/h3,6-7,15H,4-5,8-12H2,1-2H3,(H,21,27). The topological polar surface area (TPSA) is 78.4 Å². The van der Waals surface area contributed by atoms with Crippen molar-refractivity contribution in [1.29, 1.82) is 0 Å². The molecule has 7 nitrogen and oxygen atoms in total. The normalized spacial score (nSPS) is 19.9. The second kappa shape index (κ2) is 7.87. The van der Waals surface area contributed by atoms with Crippen LogP contribution in [0, 0.1) is 19.8 Å². The first-order valence-corrected chi connectivity index (χ1v) is 10.6. The van der Waals surface area contributed by atoms with Crippen LogP contribution in [0.15, 0.2) is 18.2 Å². The van der Waals surface area contributed by atoms with Crippen LogP contribution in [0.5, 0.6) is 0 Å². The van der Waals surface area contributed by atoms with E-state index >= 15 is 0 Å². The van der Waals surface area contributed by atoms with E-state index in [1.165, 1.54) is 11.3 Å². The third-order valence-electron chi connectivity index (χ3n) is 5.50. The fraction of sp³-hybridized carbons (Fsp3) is 0.500. The highest BCUT2D eigenvalue weighted by Crippen LogP contribution is 2.32. The first-order chi connectivity index (χ1) is 13.5. The van der Waals surface area contributed by atoms with Crippen molar-refractivity contribution >= 4 is 39.1 Å². The zero-order chi connectivity index (χ0) is 19.7. The Morgan fingerprint density at radius 2 is 1.89 bits per heavy atom. The van der Waals surface area contributed by atoms with Crippen LogP contribution in [0.25, 0.3) is 0 Å². The molecule has 0 bridgehead atoms. The maximum atomic E-state index is 12.9. The summed E-state index contributed by atoms with van der Waals surface area (Å²) in [4.78, 5) is 28.7. The van der Waals surface area contributed by atoms with Gasteiger partial charge in [-0.2, -0.15) is 0 Å². The van der Waals surface area contributed by atoms with E-state index < -0.39 is 0 Å². The first kappa shape index (κ1) is 18.9. The minimum absolute atomic E-state index is 0.0570. The highest BCUT2D eigenvalue weighted by molar-refractivity contribution is 7.19. The number of nitrogens with one attached hydrogen (secondary N) is 1. The molecule has 4 rings (SSSR count). The summed E-state index contributed by atoms with van der Waals surface area (Å²) in [6.45, 7) is 6.22. The number of aromatic nitrogens is 2. The van der Waals surface area contributed by atoms with Gasteiger partial charge >= 0.3 is 0 Å². The molecule has 2 amide bonds. The number of hydrogen-bond donors (Lipinski definition) is 1. The van der Waals surface area contributed by atoms with Gasteiger partial charge in [-0.1, -0.05) is 29.5 Å². The monoisotopic (exact) mass is 399 g/mol. The smallest absolute Gasteiger partial charge is 0.229 e. The fourth-order valence-electron chi connectivity index (χ4n) is 3.90. The Bertz CT molecular complexity index is 876. The molecule has 1 aromatic carbocycles. The lowest BCUT2D eigenvalue weighted by Gasteiger charge is -2.31. The molecule has 0 saturated carbocycles. The average Bonchev–Trinajstić information content (AvgIpc) is 3.33. The van der Waals surface area contributed by atoms with E-state index in [9.17, 15) is 9.59 Å². The van der Waals surface area contributed by atoms with Crippen molar-refractivity contribution < 1.29 is 9.59 Å². The SMILES string of the molecule is Cc1cccc(C)c1NC(=O)C1CCCN(c2nnc(N3CCCC3=O)s2)C1. The predicted molar refractivity (Wildman–Crippen MR) is 111 cm³/mol. The minimum atomic E-state index is -0.0893. The predicted octanol–water partition coefficient (Wildman–Crippen LogP) is 3.14. The Labute approximate surface area is 168 Å². The zero-order valence-corrected chi connectivity index (χ0v) is 17.1. The van der Waals surface area contributed by atoms with E-state index in [1.54, 1.807) is 4.90 Å². The zero-order valence-electron chi connectivity index (χ0n) is 16.3. The maximum absolute atomic E-state index is 12.9. The molecule has 0 radical (unpaired) electrons. The summed E-state index contributed by atoms with van der Waals surface area (Å²) in [5, 5.41) is 13.1. The van der Waals surface area contributed by atoms with Gasteiger partial charge in [0.2, 0.25) is 22.1 Å².